The highest BCUT2D eigenvalue weighted by atomic mass is 15.3. The lowest BCUT2D eigenvalue weighted by atomic mass is 9.96. The Morgan fingerprint density at radius 3 is 2.52 bits per heavy atom. The fourth-order valence-electron chi connectivity index (χ4n) is 3.38. The number of nitrogens with zero attached hydrogens (tertiary/aromatic N) is 2. The number of hydrogen-bond donors (Lipinski definition) is 1. The highest BCUT2D eigenvalue weighted by Gasteiger charge is 2.16. The van der Waals surface area contributed by atoms with Gasteiger partial charge in [0.2, 0.25) is 0 Å². The predicted molar refractivity (Wildman–Crippen MR) is 107 cm³/mol. The molecule has 0 radical (unpaired) electrons. The summed E-state index contributed by atoms with van der Waals surface area (Å²) in [4.78, 5) is 2.58. The van der Waals surface area contributed by atoms with Crippen molar-refractivity contribution in [3.05, 3.63) is 64.7 Å². The van der Waals surface area contributed by atoms with Crippen molar-refractivity contribution in [3.8, 4) is 0 Å². The lowest BCUT2D eigenvalue weighted by Crippen LogP contribution is -2.32. The van der Waals surface area contributed by atoms with Gasteiger partial charge in [0.15, 0.2) is 0 Å². The third-order valence-electron chi connectivity index (χ3n) is 5.17. The van der Waals surface area contributed by atoms with Crippen LogP contribution in [0.3, 0.4) is 0 Å². The van der Waals surface area contributed by atoms with Crippen molar-refractivity contribution in [2.45, 2.75) is 40.2 Å². The van der Waals surface area contributed by atoms with Gasteiger partial charge in [0, 0.05) is 6.54 Å². The molecule has 0 atom stereocenters. The molecule has 0 aromatic heterocycles. The van der Waals surface area contributed by atoms with Gasteiger partial charge in [-0.05, 0) is 86.1 Å². The van der Waals surface area contributed by atoms with E-state index in [2.05, 4.69) is 48.3 Å². The van der Waals surface area contributed by atoms with Crippen molar-refractivity contribution in [2.75, 3.05) is 18.5 Å². The molecule has 1 saturated heterocycles. The van der Waals surface area contributed by atoms with Crippen LogP contribution in [0.25, 0.3) is 0 Å². The molecule has 1 aliphatic heterocycles. The quantitative estimate of drug-likeness (QED) is 0.616. The van der Waals surface area contributed by atoms with Gasteiger partial charge in [0.25, 0.3) is 0 Å². The molecule has 3 rings (SSSR count). The molecule has 0 saturated carbocycles. The zero-order valence-corrected chi connectivity index (χ0v) is 15.6. The van der Waals surface area contributed by atoms with Crippen LogP contribution < -0.4 is 5.43 Å². The van der Waals surface area contributed by atoms with Gasteiger partial charge in [-0.2, -0.15) is 5.10 Å². The van der Waals surface area contributed by atoms with Crippen LogP contribution in [0.4, 0.5) is 5.69 Å². The maximum absolute atomic E-state index is 4.41. The smallest absolute Gasteiger partial charge is 0.0561 e. The maximum Gasteiger partial charge on any atom is 0.0561 e. The van der Waals surface area contributed by atoms with E-state index in [-0.39, 0.29) is 0 Å². The first-order valence-corrected chi connectivity index (χ1v) is 9.28. The van der Waals surface area contributed by atoms with Crippen LogP contribution in [0, 0.1) is 19.8 Å². The van der Waals surface area contributed by atoms with E-state index in [1.807, 2.05) is 36.5 Å². The number of likely N-dealkylation sites (tertiary alicyclic amines) is 1. The van der Waals surface area contributed by atoms with Crippen LogP contribution in [0.1, 0.15) is 42.0 Å². The summed E-state index contributed by atoms with van der Waals surface area (Å²) in [6, 6.07) is 14.6. The molecule has 0 spiro atoms. The van der Waals surface area contributed by atoms with Gasteiger partial charge in [0.05, 0.1) is 11.9 Å². The van der Waals surface area contributed by atoms with E-state index >= 15 is 0 Å². The summed E-state index contributed by atoms with van der Waals surface area (Å²) >= 11 is 0. The van der Waals surface area contributed by atoms with Crippen molar-refractivity contribution in [2.24, 2.45) is 11.0 Å². The summed E-state index contributed by atoms with van der Waals surface area (Å²) in [7, 11) is 0. The predicted octanol–water partition coefficient (Wildman–Crippen LogP) is 4.98. The Morgan fingerprint density at radius 2 is 1.80 bits per heavy atom. The lowest BCUT2D eigenvalue weighted by Gasteiger charge is -2.30. The second-order valence-corrected chi connectivity index (χ2v) is 7.33. The SMILES string of the molecule is Cc1cc(C)c(CN2CCC(C)CC2)cc1C=NNc1ccccc1. The molecular formula is C22H29N3. The van der Waals surface area contributed by atoms with E-state index in [1.165, 1.54) is 48.2 Å². The van der Waals surface area contributed by atoms with Crippen LogP contribution in [0.2, 0.25) is 0 Å². The number of aryl methyl sites for hydroxylation is 2. The molecule has 1 heterocycles. The summed E-state index contributed by atoms with van der Waals surface area (Å²) in [5.41, 5.74) is 9.36. The van der Waals surface area contributed by atoms with Crippen LogP contribution in [-0.4, -0.2) is 24.2 Å². The zero-order valence-electron chi connectivity index (χ0n) is 15.6. The number of nitrogens with one attached hydrogen (secondary N) is 1. The molecule has 1 aliphatic rings. The average Bonchev–Trinajstić information content (AvgIpc) is 2.61. The number of para-hydroxylation sites is 1. The Morgan fingerprint density at radius 1 is 1.08 bits per heavy atom. The minimum atomic E-state index is 0.877. The van der Waals surface area contributed by atoms with E-state index in [4.69, 9.17) is 0 Å². The monoisotopic (exact) mass is 335 g/mol. The van der Waals surface area contributed by atoms with Crippen molar-refractivity contribution < 1.29 is 0 Å². The second kappa shape index (κ2) is 8.30. The topological polar surface area (TPSA) is 27.6 Å². The van der Waals surface area contributed by atoms with Gasteiger partial charge in [-0.1, -0.05) is 31.2 Å². The van der Waals surface area contributed by atoms with Gasteiger partial charge < -0.3 is 0 Å². The average molecular weight is 335 g/mol. The highest BCUT2D eigenvalue weighted by molar-refractivity contribution is 5.82. The number of anilines is 1. The largest absolute Gasteiger partial charge is 0.299 e. The highest BCUT2D eigenvalue weighted by Crippen LogP contribution is 2.21. The molecule has 3 heteroatoms. The van der Waals surface area contributed by atoms with Gasteiger partial charge in [0.1, 0.15) is 0 Å². The molecule has 25 heavy (non-hydrogen) atoms. The van der Waals surface area contributed by atoms with E-state index in [0.29, 0.717) is 0 Å². The number of hydrazone groups is 1. The molecule has 0 bridgehead atoms. The Balaban J connectivity index is 1.69. The third kappa shape index (κ3) is 4.93. The van der Waals surface area contributed by atoms with Gasteiger partial charge in [-0.3, -0.25) is 10.3 Å². The maximum atomic E-state index is 4.41. The summed E-state index contributed by atoms with van der Waals surface area (Å²) in [6.45, 7) is 10.2. The second-order valence-electron chi connectivity index (χ2n) is 7.33. The Labute approximate surface area is 151 Å². The number of piperidine rings is 1. The molecule has 0 aliphatic carbocycles. The van der Waals surface area contributed by atoms with Crippen molar-refractivity contribution in [1.82, 2.24) is 4.90 Å². The Kier molecular flexibility index (Phi) is 5.87. The fourth-order valence-corrected chi connectivity index (χ4v) is 3.38. The standard InChI is InChI=1S/C22H29N3/c1-17-9-11-25(12-10-17)16-21-14-20(18(2)13-19(21)3)15-23-24-22-7-5-4-6-8-22/h4-8,13-15,17,24H,9-12,16H2,1-3H3. The Hall–Kier alpha value is -2.13. The van der Waals surface area contributed by atoms with Crippen LogP contribution in [-0.2, 0) is 6.54 Å². The first-order chi connectivity index (χ1) is 12.1. The fraction of sp³-hybridized carbons (Fsp3) is 0.409. The summed E-state index contributed by atoms with van der Waals surface area (Å²) in [5.74, 6) is 0.877. The first kappa shape index (κ1) is 17.7. The van der Waals surface area contributed by atoms with Crippen molar-refractivity contribution >= 4 is 11.9 Å². The molecule has 1 N–H and O–H groups in total. The number of rotatable bonds is 5. The number of benzene rings is 2. The van der Waals surface area contributed by atoms with Gasteiger partial charge >= 0.3 is 0 Å². The summed E-state index contributed by atoms with van der Waals surface area (Å²) < 4.78 is 0. The van der Waals surface area contributed by atoms with Crippen molar-refractivity contribution in [1.29, 1.82) is 0 Å². The van der Waals surface area contributed by atoms with Crippen molar-refractivity contribution in [3.63, 3.8) is 0 Å². The minimum absolute atomic E-state index is 0.877. The minimum Gasteiger partial charge on any atom is -0.299 e. The van der Waals surface area contributed by atoms with E-state index < -0.39 is 0 Å². The summed E-state index contributed by atoms with van der Waals surface area (Å²) in [6.07, 6.45) is 4.57. The molecular weight excluding hydrogens is 306 g/mol. The van der Waals surface area contributed by atoms with Crippen LogP contribution >= 0.6 is 0 Å². The first-order valence-electron chi connectivity index (χ1n) is 9.28. The normalized spacial score (nSPS) is 16.4. The zero-order chi connectivity index (χ0) is 17.6. The van der Waals surface area contributed by atoms with E-state index in [9.17, 15) is 0 Å². The molecule has 2 aromatic carbocycles. The van der Waals surface area contributed by atoms with E-state index in [0.717, 1.165) is 18.2 Å². The lowest BCUT2D eigenvalue weighted by molar-refractivity contribution is 0.185. The van der Waals surface area contributed by atoms with Crippen LogP contribution in [0.15, 0.2) is 47.6 Å². The van der Waals surface area contributed by atoms with Crippen LogP contribution in [0.5, 0.6) is 0 Å². The number of hydrogen-bond acceptors (Lipinski definition) is 3. The van der Waals surface area contributed by atoms with Gasteiger partial charge in [-0.25, -0.2) is 0 Å². The molecule has 3 nitrogen and oxygen atoms in total. The Bertz CT molecular complexity index is 714. The molecule has 132 valence electrons. The third-order valence-corrected chi connectivity index (χ3v) is 5.17. The van der Waals surface area contributed by atoms with E-state index in [1.54, 1.807) is 0 Å². The van der Waals surface area contributed by atoms with Gasteiger partial charge in [-0.15, -0.1) is 0 Å². The molecule has 0 unspecified atom stereocenters. The molecule has 0 amide bonds. The molecule has 1 fully saturated rings. The molecule has 2 aromatic rings. The summed E-state index contributed by atoms with van der Waals surface area (Å²) in [5, 5.41) is 4.41.